The first-order chi connectivity index (χ1) is 9.32. The van der Waals surface area contributed by atoms with Gasteiger partial charge in [-0.3, -0.25) is 0 Å². The third-order valence-electron chi connectivity index (χ3n) is 3.44. The molecule has 20 heavy (non-hydrogen) atoms. The molecule has 0 radical (unpaired) electrons. The highest BCUT2D eigenvalue weighted by Crippen LogP contribution is 2.39. The quantitative estimate of drug-likeness (QED) is 0.740. The molecule has 2 atom stereocenters. The van der Waals surface area contributed by atoms with Gasteiger partial charge >= 0.3 is 6.18 Å². The Balaban J connectivity index is 2.44. The van der Waals surface area contributed by atoms with Gasteiger partial charge in [-0.25, -0.2) is 0 Å². The minimum absolute atomic E-state index is 0.0665. The molecule has 1 fully saturated rings. The van der Waals surface area contributed by atoms with Gasteiger partial charge in [-0.1, -0.05) is 22.0 Å². The molecule has 112 valence electrons. The van der Waals surface area contributed by atoms with E-state index in [1.54, 1.807) is 17.0 Å². The van der Waals surface area contributed by atoms with Gasteiger partial charge in [-0.2, -0.15) is 13.2 Å². The van der Waals surface area contributed by atoms with Gasteiger partial charge in [0.15, 0.2) is 0 Å². The van der Waals surface area contributed by atoms with Gasteiger partial charge < -0.3 is 9.64 Å². The Morgan fingerprint density at radius 1 is 1.35 bits per heavy atom. The van der Waals surface area contributed by atoms with E-state index in [-0.39, 0.29) is 17.8 Å². The van der Waals surface area contributed by atoms with Gasteiger partial charge in [0.1, 0.15) is 0 Å². The lowest BCUT2D eigenvalue weighted by atomic mass is 10.1. The van der Waals surface area contributed by atoms with Gasteiger partial charge in [0.05, 0.1) is 18.3 Å². The van der Waals surface area contributed by atoms with Crippen LogP contribution in [0.1, 0.15) is 25.0 Å². The van der Waals surface area contributed by atoms with Crippen molar-refractivity contribution in [3.8, 4) is 0 Å². The van der Waals surface area contributed by atoms with E-state index in [1.165, 1.54) is 6.07 Å². The molecule has 2 unspecified atom stereocenters. The van der Waals surface area contributed by atoms with Gasteiger partial charge in [0.25, 0.3) is 0 Å². The van der Waals surface area contributed by atoms with Crippen LogP contribution in [-0.4, -0.2) is 25.3 Å². The monoisotopic (exact) mass is 351 g/mol. The zero-order valence-corrected chi connectivity index (χ0v) is 13.0. The largest absolute Gasteiger partial charge is 0.418 e. The molecule has 0 saturated carbocycles. The molecule has 0 N–H and O–H groups in total. The van der Waals surface area contributed by atoms with Crippen molar-refractivity contribution in [3.05, 3.63) is 29.3 Å². The summed E-state index contributed by atoms with van der Waals surface area (Å²) in [6.07, 6.45) is -4.42. The normalized spacial score (nSPS) is 24.0. The Morgan fingerprint density at radius 3 is 2.65 bits per heavy atom. The number of halogens is 4. The number of alkyl halides is 4. The lowest BCUT2D eigenvalue weighted by Gasteiger charge is -2.39. The lowest BCUT2D eigenvalue weighted by Crippen LogP contribution is -2.48. The van der Waals surface area contributed by atoms with E-state index < -0.39 is 11.7 Å². The summed E-state index contributed by atoms with van der Waals surface area (Å²) in [6, 6.07) is 4.44. The number of hydrogen-bond acceptors (Lipinski definition) is 2. The predicted molar refractivity (Wildman–Crippen MR) is 76.3 cm³/mol. The molecule has 0 bridgehead atoms. The van der Waals surface area contributed by atoms with Gasteiger partial charge in [0.2, 0.25) is 0 Å². The average molecular weight is 352 g/mol. The Bertz CT molecular complexity index is 478. The van der Waals surface area contributed by atoms with Crippen LogP contribution >= 0.6 is 15.9 Å². The lowest BCUT2D eigenvalue weighted by molar-refractivity contribution is -0.137. The van der Waals surface area contributed by atoms with Crippen LogP contribution in [0.5, 0.6) is 0 Å². The van der Waals surface area contributed by atoms with Crippen molar-refractivity contribution in [2.75, 3.05) is 18.1 Å². The molecule has 6 heteroatoms. The summed E-state index contributed by atoms with van der Waals surface area (Å²) in [5.74, 6) is 0. The Morgan fingerprint density at radius 2 is 2.05 bits per heavy atom. The molecule has 0 aromatic heterocycles. The van der Waals surface area contributed by atoms with Crippen molar-refractivity contribution >= 4 is 21.6 Å². The highest BCUT2D eigenvalue weighted by molar-refractivity contribution is 9.08. The second-order valence-electron chi connectivity index (χ2n) is 5.13. The molecule has 1 saturated heterocycles. The van der Waals surface area contributed by atoms with Crippen molar-refractivity contribution in [3.63, 3.8) is 0 Å². The number of nitrogens with zero attached hydrogens (tertiary/aromatic N) is 1. The zero-order chi connectivity index (χ0) is 14.9. The summed E-state index contributed by atoms with van der Waals surface area (Å²) < 4.78 is 45.3. The highest BCUT2D eigenvalue weighted by Gasteiger charge is 2.37. The summed E-state index contributed by atoms with van der Waals surface area (Å²) in [7, 11) is 0. The third-order valence-corrected chi connectivity index (χ3v) is 4.09. The van der Waals surface area contributed by atoms with Gasteiger partial charge in [-0.05, 0) is 31.5 Å². The van der Waals surface area contributed by atoms with Crippen LogP contribution in [-0.2, 0) is 16.2 Å². The maximum absolute atomic E-state index is 13.3. The molecule has 0 amide bonds. The topological polar surface area (TPSA) is 12.5 Å². The van der Waals surface area contributed by atoms with E-state index in [4.69, 9.17) is 4.74 Å². The summed E-state index contributed by atoms with van der Waals surface area (Å²) in [4.78, 5) is 1.79. The van der Waals surface area contributed by atoms with E-state index in [0.717, 1.165) is 0 Å². The molecular formula is C14H17BrF3NO. The number of rotatable bonds is 2. The molecular weight excluding hydrogens is 335 g/mol. The van der Waals surface area contributed by atoms with Gasteiger partial charge in [0, 0.05) is 23.6 Å². The molecule has 1 aromatic rings. The first-order valence-electron chi connectivity index (χ1n) is 6.47. The Kier molecular flexibility index (Phi) is 4.64. The van der Waals surface area contributed by atoms with Crippen molar-refractivity contribution in [1.29, 1.82) is 0 Å². The van der Waals surface area contributed by atoms with Crippen LogP contribution in [0.15, 0.2) is 18.2 Å². The number of ether oxygens (including phenoxy) is 1. The molecule has 2 rings (SSSR count). The van der Waals surface area contributed by atoms with Gasteiger partial charge in [-0.15, -0.1) is 0 Å². The molecule has 1 aromatic carbocycles. The molecule has 1 heterocycles. The van der Waals surface area contributed by atoms with Crippen molar-refractivity contribution in [2.24, 2.45) is 0 Å². The number of morpholine rings is 1. The predicted octanol–water partition coefficient (Wildman–Crippen LogP) is 4.21. The zero-order valence-electron chi connectivity index (χ0n) is 11.4. The van der Waals surface area contributed by atoms with Crippen molar-refractivity contribution in [2.45, 2.75) is 37.5 Å². The first kappa shape index (κ1) is 15.6. The molecule has 1 aliphatic rings. The third kappa shape index (κ3) is 3.28. The number of anilines is 1. The van der Waals surface area contributed by atoms with Crippen LogP contribution in [0.4, 0.5) is 18.9 Å². The van der Waals surface area contributed by atoms with E-state index >= 15 is 0 Å². The van der Waals surface area contributed by atoms with E-state index in [2.05, 4.69) is 15.9 Å². The van der Waals surface area contributed by atoms with Crippen LogP contribution < -0.4 is 4.90 Å². The minimum atomic E-state index is -4.35. The average Bonchev–Trinajstić information content (AvgIpc) is 2.40. The summed E-state index contributed by atoms with van der Waals surface area (Å²) in [5, 5.41) is 0.408. The fourth-order valence-corrected chi connectivity index (χ4v) is 2.73. The van der Waals surface area contributed by atoms with E-state index in [0.29, 0.717) is 24.0 Å². The molecule has 0 aliphatic carbocycles. The molecule has 1 aliphatic heterocycles. The second-order valence-corrected chi connectivity index (χ2v) is 5.69. The Hall–Kier alpha value is -0.750. The minimum Gasteiger partial charge on any atom is -0.375 e. The van der Waals surface area contributed by atoms with Crippen LogP contribution in [0, 0.1) is 0 Å². The van der Waals surface area contributed by atoms with Crippen molar-refractivity contribution in [1.82, 2.24) is 0 Å². The van der Waals surface area contributed by atoms with Crippen molar-refractivity contribution < 1.29 is 17.9 Å². The first-order valence-corrected chi connectivity index (χ1v) is 7.59. The fraction of sp³-hybridized carbons (Fsp3) is 0.571. The van der Waals surface area contributed by atoms with Crippen LogP contribution in [0.2, 0.25) is 0 Å². The second kappa shape index (κ2) is 5.93. The fourth-order valence-electron chi connectivity index (χ4n) is 2.38. The molecule has 0 spiro atoms. The maximum atomic E-state index is 13.3. The number of hydrogen-bond donors (Lipinski definition) is 0. The Labute approximate surface area is 125 Å². The van der Waals surface area contributed by atoms with E-state index in [9.17, 15) is 13.2 Å². The SMILES string of the molecule is CC1CN(c2ccc(CBr)cc2C(F)(F)F)C(C)CO1. The van der Waals surface area contributed by atoms with Crippen LogP contribution in [0.25, 0.3) is 0 Å². The van der Waals surface area contributed by atoms with Crippen LogP contribution in [0.3, 0.4) is 0 Å². The standard InChI is InChI=1S/C14H17BrF3NO/c1-9-8-20-10(2)7-19(9)13-4-3-11(6-15)5-12(13)14(16,17)18/h3-5,9-10H,6-8H2,1-2H3. The smallest absolute Gasteiger partial charge is 0.375 e. The van der Waals surface area contributed by atoms with E-state index in [1.807, 2.05) is 13.8 Å². The number of benzene rings is 1. The maximum Gasteiger partial charge on any atom is 0.418 e. The summed E-state index contributed by atoms with van der Waals surface area (Å²) in [5.41, 5.74) is 0.287. The summed E-state index contributed by atoms with van der Waals surface area (Å²) in [6.45, 7) is 4.67. The highest BCUT2D eigenvalue weighted by atomic mass is 79.9. The molecule has 2 nitrogen and oxygen atoms in total. The summed E-state index contributed by atoms with van der Waals surface area (Å²) >= 11 is 3.20.